The molecule has 0 saturated heterocycles. The molecule has 5 nitrogen and oxygen atoms in total. The van der Waals surface area contributed by atoms with Gasteiger partial charge in [0.1, 0.15) is 18.5 Å². The van der Waals surface area contributed by atoms with Crippen molar-refractivity contribution in [3.63, 3.8) is 0 Å². The van der Waals surface area contributed by atoms with Crippen LogP contribution in [0.15, 0.2) is 30.3 Å². The molecule has 0 spiro atoms. The van der Waals surface area contributed by atoms with Crippen LogP contribution < -0.4 is 20.1 Å². The van der Waals surface area contributed by atoms with E-state index in [4.69, 9.17) is 9.47 Å². The molecule has 130 valence electrons. The summed E-state index contributed by atoms with van der Waals surface area (Å²) < 4.78 is 38.4. The lowest BCUT2D eigenvalue weighted by molar-refractivity contribution is -0.115. The number of rotatable bonds is 4. The molecule has 0 radical (unpaired) electrons. The minimum Gasteiger partial charge on any atom is -0.486 e. The monoisotopic (exact) mass is 346 g/mol. The van der Waals surface area contributed by atoms with E-state index in [2.05, 4.69) is 10.6 Å². The van der Waals surface area contributed by atoms with Crippen LogP contribution in [0, 0.1) is 11.6 Å². The molecule has 2 aromatic rings. The van der Waals surface area contributed by atoms with Gasteiger partial charge in [0.05, 0.1) is 12.1 Å². The number of carbonyl (C=O) groups is 1. The average molecular weight is 346 g/mol. The van der Waals surface area contributed by atoms with Gasteiger partial charge in [-0.25, -0.2) is 8.78 Å². The summed E-state index contributed by atoms with van der Waals surface area (Å²) in [5, 5.41) is 5.73. The Balaban J connectivity index is 1.42. The van der Waals surface area contributed by atoms with Gasteiger partial charge in [0.25, 0.3) is 0 Å². The molecule has 1 amide bonds. The first-order valence-corrected chi connectivity index (χ1v) is 8.00. The Morgan fingerprint density at radius 3 is 2.84 bits per heavy atom. The summed E-state index contributed by atoms with van der Waals surface area (Å²) in [7, 11) is 0. The van der Waals surface area contributed by atoms with E-state index in [1.54, 1.807) is 12.1 Å². The summed E-state index contributed by atoms with van der Waals surface area (Å²) >= 11 is 0. The Labute approximate surface area is 142 Å². The first kappa shape index (κ1) is 15.8. The quantitative estimate of drug-likeness (QED) is 0.893. The predicted octanol–water partition coefficient (Wildman–Crippen LogP) is 2.39. The molecule has 4 rings (SSSR count). The van der Waals surface area contributed by atoms with Gasteiger partial charge in [0, 0.05) is 24.7 Å². The van der Waals surface area contributed by atoms with E-state index >= 15 is 0 Å². The number of halogens is 2. The number of benzene rings is 2. The third-order valence-corrected chi connectivity index (χ3v) is 4.22. The van der Waals surface area contributed by atoms with E-state index in [9.17, 15) is 13.6 Å². The maximum absolute atomic E-state index is 14.0. The van der Waals surface area contributed by atoms with E-state index in [-0.39, 0.29) is 36.5 Å². The highest BCUT2D eigenvalue weighted by molar-refractivity contribution is 6.00. The smallest absolute Gasteiger partial charge is 0.229 e. The Hall–Kier alpha value is -2.67. The van der Waals surface area contributed by atoms with Crippen molar-refractivity contribution >= 4 is 11.6 Å². The largest absolute Gasteiger partial charge is 0.486 e. The van der Waals surface area contributed by atoms with Gasteiger partial charge in [0.2, 0.25) is 5.91 Å². The lowest BCUT2D eigenvalue weighted by Gasteiger charge is -2.28. The molecule has 1 unspecified atom stereocenters. The molecule has 0 saturated carbocycles. The van der Waals surface area contributed by atoms with Crippen LogP contribution in [0.2, 0.25) is 0 Å². The Morgan fingerprint density at radius 2 is 2.04 bits per heavy atom. The summed E-state index contributed by atoms with van der Waals surface area (Å²) in [6.07, 6.45) is -0.188. The van der Waals surface area contributed by atoms with Crippen molar-refractivity contribution in [3.05, 3.63) is 53.1 Å². The first-order valence-electron chi connectivity index (χ1n) is 8.00. The van der Waals surface area contributed by atoms with Crippen LogP contribution >= 0.6 is 0 Å². The average Bonchev–Trinajstić information content (AvgIpc) is 3.00. The lowest BCUT2D eigenvalue weighted by atomic mass is 10.1. The molecule has 0 fully saturated rings. The number of carbonyl (C=O) groups excluding carboxylic acids is 1. The Morgan fingerprint density at radius 1 is 1.24 bits per heavy atom. The van der Waals surface area contributed by atoms with Crippen LogP contribution in [0.5, 0.6) is 11.5 Å². The van der Waals surface area contributed by atoms with Gasteiger partial charge >= 0.3 is 0 Å². The van der Waals surface area contributed by atoms with Gasteiger partial charge in [-0.1, -0.05) is 12.1 Å². The molecule has 2 aliphatic rings. The normalized spacial score (nSPS) is 18.0. The number of fused-ring (bicyclic) bond motifs is 3. The van der Waals surface area contributed by atoms with Crippen molar-refractivity contribution in [1.82, 2.24) is 5.32 Å². The maximum Gasteiger partial charge on any atom is 0.229 e. The van der Waals surface area contributed by atoms with E-state index in [0.29, 0.717) is 30.2 Å². The van der Waals surface area contributed by atoms with Gasteiger partial charge in [-0.05, 0) is 17.7 Å². The second kappa shape index (κ2) is 6.33. The molecule has 0 aliphatic carbocycles. The molecule has 1 atom stereocenters. The molecule has 2 aromatic carbocycles. The van der Waals surface area contributed by atoms with Gasteiger partial charge in [-0.2, -0.15) is 0 Å². The SMILES string of the molecule is O=C1Cc2c(c(F)cc3c2OC(CNCc2ccc(F)cc2)CO3)N1. The third kappa shape index (κ3) is 3.15. The maximum atomic E-state index is 14.0. The predicted molar refractivity (Wildman–Crippen MR) is 86.8 cm³/mol. The summed E-state index contributed by atoms with van der Waals surface area (Å²) in [6, 6.07) is 7.48. The van der Waals surface area contributed by atoms with Crippen molar-refractivity contribution in [2.24, 2.45) is 0 Å². The minimum atomic E-state index is -0.518. The van der Waals surface area contributed by atoms with Gasteiger partial charge in [0.15, 0.2) is 17.3 Å². The zero-order valence-corrected chi connectivity index (χ0v) is 13.3. The fourth-order valence-corrected chi connectivity index (χ4v) is 3.01. The lowest BCUT2D eigenvalue weighted by Crippen LogP contribution is -2.38. The summed E-state index contributed by atoms with van der Waals surface area (Å²) in [4.78, 5) is 11.6. The van der Waals surface area contributed by atoms with Crippen molar-refractivity contribution in [2.45, 2.75) is 19.1 Å². The van der Waals surface area contributed by atoms with Crippen LogP contribution in [-0.4, -0.2) is 25.2 Å². The summed E-state index contributed by atoms with van der Waals surface area (Å²) in [5.74, 6) is -0.302. The van der Waals surface area contributed by atoms with Crippen LogP contribution in [0.25, 0.3) is 0 Å². The van der Waals surface area contributed by atoms with Crippen molar-refractivity contribution < 1.29 is 23.0 Å². The van der Waals surface area contributed by atoms with E-state index < -0.39 is 5.82 Å². The zero-order valence-electron chi connectivity index (χ0n) is 13.3. The second-order valence-electron chi connectivity index (χ2n) is 6.07. The second-order valence-corrected chi connectivity index (χ2v) is 6.07. The minimum absolute atomic E-state index is 0.0779. The highest BCUT2D eigenvalue weighted by atomic mass is 19.1. The fraction of sp³-hybridized carbons (Fsp3) is 0.278. The molecular formula is C18H16F2N2O3. The van der Waals surface area contributed by atoms with Crippen molar-refractivity contribution in [2.75, 3.05) is 18.5 Å². The van der Waals surface area contributed by atoms with Gasteiger partial charge in [-0.15, -0.1) is 0 Å². The van der Waals surface area contributed by atoms with E-state index in [1.807, 2.05) is 0 Å². The Kier molecular flexibility index (Phi) is 4.01. The third-order valence-electron chi connectivity index (χ3n) is 4.22. The molecule has 2 heterocycles. The molecule has 2 N–H and O–H groups in total. The van der Waals surface area contributed by atoms with E-state index in [1.165, 1.54) is 18.2 Å². The van der Waals surface area contributed by atoms with Crippen LogP contribution in [0.3, 0.4) is 0 Å². The van der Waals surface area contributed by atoms with Crippen molar-refractivity contribution in [1.29, 1.82) is 0 Å². The Bertz CT molecular complexity index is 824. The number of amides is 1. The van der Waals surface area contributed by atoms with Crippen molar-refractivity contribution in [3.8, 4) is 11.5 Å². The standard InChI is InChI=1S/C18H16F2N2O3/c19-11-3-1-10(2-4-11)7-21-8-12-9-24-15-6-14(20)17-13(18(15)25-12)5-16(23)22-17/h1-4,6,12,21H,5,7-9H2,(H,22,23). The zero-order chi connectivity index (χ0) is 17.4. The molecular weight excluding hydrogens is 330 g/mol. The number of nitrogens with one attached hydrogen (secondary N) is 2. The molecule has 0 bridgehead atoms. The van der Waals surface area contributed by atoms with E-state index in [0.717, 1.165) is 5.56 Å². The molecule has 25 heavy (non-hydrogen) atoms. The summed E-state index contributed by atoms with van der Waals surface area (Å²) in [5.41, 5.74) is 1.63. The van der Waals surface area contributed by atoms with Gasteiger partial charge < -0.3 is 20.1 Å². The molecule has 2 aliphatic heterocycles. The number of ether oxygens (including phenoxy) is 2. The topological polar surface area (TPSA) is 59.6 Å². The number of hydrogen-bond acceptors (Lipinski definition) is 4. The number of hydrogen-bond donors (Lipinski definition) is 2. The first-order chi connectivity index (χ1) is 12.1. The molecule has 0 aromatic heterocycles. The fourth-order valence-electron chi connectivity index (χ4n) is 3.01. The highest BCUT2D eigenvalue weighted by Crippen LogP contribution is 2.43. The summed E-state index contributed by atoms with van der Waals surface area (Å²) in [6.45, 7) is 1.35. The highest BCUT2D eigenvalue weighted by Gasteiger charge is 2.32. The van der Waals surface area contributed by atoms with Crippen LogP contribution in [-0.2, 0) is 17.8 Å². The molecule has 7 heteroatoms. The van der Waals surface area contributed by atoms with Gasteiger partial charge in [-0.3, -0.25) is 4.79 Å². The van der Waals surface area contributed by atoms with Crippen LogP contribution in [0.1, 0.15) is 11.1 Å². The number of anilines is 1. The van der Waals surface area contributed by atoms with Crippen LogP contribution in [0.4, 0.5) is 14.5 Å².